The van der Waals surface area contributed by atoms with Gasteiger partial charge in [-0.15, -0.1) is 0 Å². The molecule has 0 saturated heterocycles. The van der Waals surface area contributed by atoms with E-state index in [9.17, 15) is 19.5 Å². The van der Waals surface area contributed by atoms with Gasteiger partial charge in [-0.1, -0.05) is 30.3 Å². The van der Waals surface area contributed by atoms with Gasteiger partial charge in [0, 0.05) is 30.6 Å². The van der Waals surface area contributed by atoms with E-state index < -0.39 is 10.9 Å². The molecule has 0 spiro atoms. The highest BCUT2D eigenvalue weighted by molar-refractivity contribution is 5.86. The smallest absolute Gasteiger partial charge is 0.254 e. The molecule has 0 aliphatic carbocycles. The Balaban J connectivity index is 1.76. The third kappa shape index (κ3) is 3.53. The summed E-state index contributed by atoms with van der Waals surface area (Å²) in [7, 11) is 0. The summed E-state index contributed by atoms with van der Waals surface area (Å²) in [4.78, 5) is 41.1. The molecule has 0 saturated carbocycles. The second-order valence-corrected chi connectivity index (χ2v) is 6.49. The average Bonchev–Trinajstić information content (AvgIpc) is 2.73. The summed E-state index contributed by atoms with van der Waals surface area (Å²) in [5.74, 6) is 0.485. The van der Waals surface area contributed by atoms with Gasteiger partial charge in [-0.25, -0.2) is 0 Å². The Labute approximate surface area is 165 Å². The Morgan fingerprint density at radius 3 is 2.41 bits per heavy atom. The molecule has 0 amide bonds. The molecule has 0 unspecified atom stereocenters. The van der Waals surface area contributed by atoms with Crippen molar-refractivity contribution in [2.24, 2.45) is 0 Å². The molecule has 0 fully saturated rings. The van der Waals surface area contributed by atoms with Gasteiger partial charge in [-0.3, -0.25) is 19.3 Å². The fourth-order valence-corrected chi connectivity index (χ4v) is 3.14. The van der Waals surface area contributed by atoms with Gasteiger partial charge in [0.15, 0.2) is 5.43 Å². The Morgan fingerprint density at radius 1 is 0.897 bits per heavy atom. The molecule has 0 aliphatic heterocycles. The van der Waals surface area contributed by atoms with Crippen LogP contribution in [0.3, 0.4) is 0 Å². The Morgan fingerprint density at radius 2 is 1.69 bits per heavy atom. The molecule has 0 atom stereocenters. The monoisotopic (exact) mass is 387 g/mol. The van der Waals surface area contributed by atoms with Crippen LogP contribution in [0.15, 0.2) is 87.3 Å². The van der Waals surface area contributed by atoms with Crippen LogP contribution < -0.4 is 26.5 Å². The maximum absolute atomic E-state index is 12.5. The zero-order valence-electron chi connectivity index (χ0n) is 15.3. The lowest BCUT2D eigenvalue weighted by molar-refractivity contribution is 0.474. The third-order valence-electron chi connectivity index (χ3n) is 4.50. The number of rotatable bonds is 6. The number of anilines is 4. The van der Waals surface area contributed by atoms with Gasteiger partial charge in [-0.2, -0.15) is 0 Å². The Bertz CT molecular complexity index is 1290. The first kappa shape index (κ1) is 18.2. The maximum Gasteiger partial charge on any atom is 0.254 e. The number of H-pyrrole nitrogens is 1. The van der Waals surface area contributed by atoms with Crippen molar-refractivity contribution in [1.29, 1.82) is 0 Å². The highest BCUT2D eigenvalue weighted by Crippen LogP contribution is 2.34. The van der Waals surface area contributed by atoms with Gasteiger partial charge in [0.05, 0.1) is 0 Å². The van der Waals surface area contributed by atoms with Crippen molar-refractivity contribution in [3.8, 4) is 5.75 Å². The fourth-order valence-electron chi connectivity index (χ4n) is 3.14. The van der Waals surface area contributed by atoms with E-state index in [0.29, 0.717) is 11.5 Å². The van der Waals surface area contributed by atoms with Crippen molar-refractivity contribution in [2.75, 3.05) is 10.2 Å². The zero-order chi connectivity index (χ0) is 20.4. The van der Waals surface area contributed by atoms with E-state index in [1.54, 1.807) is 53.4 Å². The van der Waals surface area contributed by atoms with Crippen molar-refractivity contribution >= 4 is 22.9 Å². The van der Waals surface area contributed by atoms with E-state index >= 15 is 0 Å². The molecule has 0 radical (unpaired) electrons. The van der Waals surface area contributed by atoms with Crippen LogP contribution in [0.5, 0.6) is 5.75 Å². The summed E-state index contributed by atoms with van der Waals surface area (Å²) in [6, 6.07) is 18.3. The number of phenolic OH excluding ortho intramolecular Hbond substituents is 1. The van der Waals surface area contributed by atoms with E-state index in [1.165, 1.54) is 18.3 Å². The minimum atomic E-state index is -0.642. The van der Waals surface area contributed by atoms with Gasteiger partial charge in [-0.05, 0) is 29.8 Å². The van der Waals surface area contributed by atoms with Crippen LogP contribution in [0.2, 0.25) is 0 Å². The number of para-hydroxylation sites is 1. The van der Waals surface area contributed by atoms with E-state index in [4.69, 9.17) is 0 Å². The predicted molar refractivity (Wildman–Crippen MR) is 112 cm³/mol. The lowest BCUT2D eigenvalue weighted by Crippen LogP contribution is -2.39. The number of nitrogens with zero attached hydrogens (tertiary/aromatic N) is 1. The molecule has 0 aliphatic rings. The van der Waals surface area contributed by atoms with Crippen LogP contribution in [0.1, 0.15) is 5.56 Å². The molecule has 0 bridgehead atoms. The standard InChI is InChI=1S/C22H17N3O4/c26-16-8-4-5-14(11-16)13-24-19-20(22(29)21(19)28)25(15-6-2-1-3-7-15)18-12-17(27)9-10-23-18/h1-12,24,26H,13H2,(H,23,27). The van der Waals surface area contributed by atoms with Crippen molar-refractivity contribution in [1.82, 2.24) is 4.98 Å². The predicted octanol–water partition coefficient (Wildman–Crippen LogP) is 2.76. The van der Waals surface area contributed by atoms with Crippen molar-refractivity contribution < 1.29 is 5.11 Å². The fraction of sp³-hybridized carbons (Fsp3) is 0.0455. The SMILES string of the molecule is O=c1cc[nH]c(N(c2ccccc2)c2c(NCc3cccc(O)c3)c(=O)c2=O)c1. The molecule has 4 aromatic rings. The van der Waals surface area contributed by atoms with E-state index in [-0.39, 0.29) is 29.1 Å². The zero-order valence-corrected chi connectivity index (χ0v) is 15.3. The molecule has 4 rings (SSSR count). The average molecular weight is 387 g/mol. The van der Waals surface area contributed by atoms with E-state index in [1.807, 2.05) is 6.07 Å². The number of aromatic nitrogens is 1. The van der Waals surface area contributed by atoms with E-state index in [0.717, 1.165) is 5.56 Å². The number of pyridine rings is 1. The molecule has 1 aromatic heterocycles. The molecule has 144 valence electrons. The summed E-state index contributed by atoms with van der Waals surface area (Å²) >= 11 is 0. The molecule has 3 N–H and O–H groups in total. The molecule has 7 nitrogen and oxygen atoms in total. The van der Waals surface area contributed by atoms with Crippen LogP contribution in [0, 0.1) is 0 Å². The van der Waals surface area contributed by atoms with Gasteiger partial charge in [0.2, 0.25) is 0 Å². The van der Waals surface area contributed by atoms with Gasteiger partial charge in [0.25, 0.3) is 10.9 Å². The lowest BCUT2D eigenvalue weighted by atomic mass is 10.1. The molecular formula is C22H17N3O4. The largest absolute Gasteiger partial charge is 0.508 e. The molecule has 1 heterocycles. The molecule has 7 heteroatoms. The normalized spacial score (nSPS) is 10.8. The first-order chi connectivity index (χ1) is 14.0. The summed E-state index contributed by atoms with van der Waals surface area (Å²) in [6.07, 6.45) is 1.49. The first-order valence-electron chi connectivity index (χ1n) is 8.93. The van der Waals surface area contributed by atoms with Gasteiger partial charge in [0.1, 0.15) is 22.9 Å². The Kier molecular flexibility index (Phi) is 4.70. The highest BCUT2D eigenvalue weighted by atomic mass is 16.3. The van der Waals surface area contributed by atoms with Crippen molar-refractivity contribution in [3.63, 3.8) is 0 Å². The lowest BCUT2D eigenvalue weighted by Gasteiger charge is -2.27. The summed E-state index contributed by atoms with van der Waals surface area (Å²) in [6.45, 7) is 0.250. The van der Waals surface area contributed by atoms with Gasteiger partial charge < -0.3 is 15.4 Å². The van der Waals surface area contributed by atoms with Crippen LogP contribution in [0.4, 0.5) is 22.9 Å². The number of benzene rings is 2. The number of nitrogens with one attached hydrogen (secondary N) is 2. The molecule has 29 heavy (non-hydrogen) atoms. The molecule has 3 aromatic carbocycles. The Hall–Kier alpha value is -4.13. The van der Waals surface area contributed by atoms with Crippen LogP contribution in [0.25, 0.3) is 0 Å². The topological polar surface area (TPSA) is 102 Å². The quantitative estimate of drug-likeness (QED) is 0.440. The minimum absolute atomic E-state index is 0.113. The number of aromatic hydroxyl groups is 1. The van der Waals surface area contributed by atoms with E-state index in [2.05, 4.69) is 10.3 Å². The minimum Gasteiger partial charge on any atom is -0.508 e. The second kappa shape index (κ2) is 7.47. The third-order valence-corrected chi connectivity index (χ3v) is 4.50. The van der Waals surface area contributed by atoms with Crippen LogP contribution in [-0.4, -0.2) is 10.1 Å². The van der Waals surface area contributed by atoms with Crippen LogP contribution in [-0.2, 0) is 6.54 Å². The van der Waals surface area contributed by atoms with Crippen molar-refractivity contribution in [2.45, 2.75) is 6.54 Å². The van der Waals surface area contributed by atoms with Crippen LogP contribution >= 0.6 is 0 Å². The number of hydrogen-bond donors (Lipinski definition) is 3. The summed E-state index contributed by atoms with van der Waals surface area (Å²) in [5.41, 5.74) is 0.198. The van der Waals surface area contributed by atoms with Crippen molar-refractivity contribution in [3.05, 3.63) is 109 Å². The number of aromatic amines is 1. The first-order valence-corrected chi connectivity index (χ1v) is 8.93. The summed E-state index contributed by atoms with van der Waals surface area (Å²) in [5, 5.41) is 12.6. The number of hydrogen-bond acceptors (Lipinski definition) is 6. The number of phenols is 1. The maximum atomic E-state index is 12.5. The highest BCUT2D eigenvalue weighted by Gasteiger charge is 2.28. The van der Waals surface area contributed by atoms with Gasteiger partial charge >= 0.3 is 0 Å². The second-order valence-electron chi connectivity index (χ2n) is 6.49. The molecular weight excluding hydrogens is 370 g/mol. The summed E-state index contributed by atoms with van der Waals surface area (Å²) < 4.78 is 0.